The summed E-state index contributed by atoms with van der Waals surface area (Å²) in [5, 5.41) is 14.0. The van der Waals surface area contributed by atoms with Gasteiger partial charge in [0.15, 0.2) is 0 Å². The molecule has 0 atom stereocenters. The van der Waals surface area contributed by atoms with Gasteiger partial charge < -0.3 is 14.2 Å². The van der Waals surface area contributed by atoms with Crippen LogP contribution >= 0.6 is 0 Å². The Labute approximate surface area is 117 Å². The van der Waals surface area contributed by atoms with Crippen LogP contribution in [0.2, 0.25) is 0 Å². The predicted octanol–water partition coefficient (Wildman–Crippen LogP) is 0.812. The van der Waals surface area contributed by atoms with Gasteiger partial charge >= 0.3 is 0 Å². The van der Waals surface area contributed by atoms with Gasteiger partial charge in [-0.1, -0.05) is 25.9 Å². The number of tetrazole rings is 1. The number of nitrogens with one attached hydrogen (secondary N) is 1. The van der Waals surface area contributed by atoms with Crippen LogP contribution in [0.1, 0.15) is 26.5 Å². The highest BCUT2D eigenvalue weighted by atomic mass is 16.4. The molecule has 3 rings (SSSR count). The van der Waals surface area contributed by atoms with Gasteiger partial charge in [0.05, 0.1) is 6.20 Å². The van der Waals surface area contributed by atoms with E-state index in [1.807, 2.05) is 6.20 Å². The highest BCUT2D eigenvalue weighted by Gasteiger charge is 2.25. The first kappa shape index (κ1) is 12.9. The number of nitrogens with zero attached hydrogens (tertiary/aromatic N) is 6. The van der Waals surface area contributed by atoms with Crippen LogP contribution in [0.3, 0.4) is 0 Å². The Bertz CT molecular complexity index is 549. The van der Waals surface area contributed by atoms with Gasteiger partial charge in [0, 0.05) is 31.6 Å². The molecule has 0 unspecified atom stereocenters. The predicted molar refractivity (Wildman–Crippen MR) is 73.8 cm³/mol. The average Bonchev–Trinajstić information content (AvgIpc) is 3.10. The van der Waals surface area contributed by atoms with Crippen molar-refractivity contribution in [2.75, 3.05) is 36.0 Å². The molecule has 2 aromatic rings. The maximum absolute atomic E-state index is 5.86. The lowest BCUT2D eigenvalue weighted by Crippen LogP contribution is -2.47. The summed E-state index contributed by atoms with van der Waals surface area (Å²) in [5.74, 6) is 1.56. The Balaban J connectivity index is 1.65. The van der Waals surface area contributed by atoms with E-state index < -0.39 is 0 Å². The summed E-state index contributed by atoms with van der Waals surface area (Å²) < 4.78 is 5.86. The lowest BCUT2D eigenvalue weighted by Gasteiger charge is -2.32. The van der Waals surface area contributed by atoms with E-state index >= 15 is 0 Å². The normalized spacial score (nSPS) is 16.8. The second kappa shape index (κ2) is 4.77. The summed E-state index contributed by atoms with van der Waals surface area (Å²) in [6.45, 7) is 9.67. The van der Waals surface area contributed by atoms with Crippen LogP contribution in [0.5, 0.6) is 0 Å². The molecule has 0 saturated carbocycles. The molecular weight excluding hydrogens is 258 g/mol. The third kappa shape index (κ3) is 2.45. The molecule has 108 valence electrons. The first-order chi connectivity index (χ1) is 9.54. The first-order valence-electron chi connectivity index (χ1n) is 6.74. The molecule has 20 heavy (non-hydrogen) atoms. The zero-order chi connectivity index (χ0) is 14.2. The van der Waals surface area contributed by atoms with Crippen LogP contribution in [-0.4, -0.2) is 51.8 Å². The summed E-state index contributed by atoms with van der Waals surface area (Å²) in [7, 11) is 0. The van der Waals surface area contributed by atoms with Crippen LogP contribution in [0, 0.1) is 0 Å². The van der Waals surface area contributed by atoms with Gasteiger partial charge in [-0.3, -0.25) is 0 Å². The van der Waals surface area contributed by atoms with Crippen molar-refractivity contribution in [1.29, 1.82) is 0 Å². The average molecular weight is 277 g/mol. The minimum absolute atomic E-state index is 0.0162. The number of H-pyrrole nitrogens is 1. The fraction of sp³-hybridized carbons (Fsp3) is 0.667. The molecule has 0 bridgehead atoms. The maximum Gasteiger partial charge on any atom is 0.297 e. The van der Waals surface area contributed by atoms with Crippen LogP contribution in [0.4, 0.5) is 12.0 Å². The Morgan fingerprint density at radius 1 is 1.15 bits per heavy atom. The summed E-state index contributed by atoms with van der Waals surface area (Å²) in [5.41, 5.74) is -0.0162. The lowest BCUT2D eigenvalue weighted by molar-refractivity contribution is 0.402. The van der Waals surface area contributed by atoms with E-state index in [2.05, 4.69) is 56.2 Å². The molecule has 0 amide bonds. The van der Waals surface area contributed by atoms with Crippen molar-refractivity contribution in [2.45, 2.75) is 26.2 Å². The largest absolute Gasteiger partial charge is 0.428 e. The van der Waals surface area contributed by atoms with Crippen molar-refractivity contribution in [1.82, 2.24) is 25.6 Å². The summed E-state index contributed by atoms with van der Waals surface area (Å²) >= 11 is 0. The molecular formula is C12H19N7O. The Hall–Kier alpha value is -2.12. The molecule has 1 aliphatic heterocycles. The van der Waals surface area contributed by atoms with Gasteiger partial charge in [-0.15, -0.1) is 5.10 Å². The zero-order valence-electron chi connectivity index (χ0n) is 12.0. The Kier molecular flexibility index (Phi) is 3.07. The van der Waals surface area contributed by atoms with E-state index in [-0.39, 0.29) is 5.41 Å². The van der Waals surface area contributed by atoms with E-state index in [0.29, 0.717) is 12.0 Å². The Morgan fingerprint density at radius 2 is 1.85 bits per heavy atom. The van der Waals surface area contributed by atoms with Gasteiger partial charge in [-0.05, 0) is 5.21 Å². The fourth-order valence-electron chi connectivity index (χ4n) is 2.15. The van der Waals surface area contributed by atoms with Gasteiger partial charge in [-0.25, -0.2) is 4.98 Å². The van der Waals surface area contributed by atoms with Crippen molar-refractivity contribution in [2.24, 2.45) is 0 Å². The number of piperazine rings is 1. The highest BCUT2D eigenvalue weighted by molar-refractivity contribution is 5.35. The summed E-state index contributed by atoms with van der Waals surface area (Å²) in [4.78, 5) is 8.62. The molecule has 2 aromatic heterocycles. The number of anilines is 2. The molecule has 8 nitrogen and oxygen atoms in total. The first-order valence-corrected chi connectivity index (χ1v) is 6.74. The fourth-order valence-corrected chi connectivity index (χ4v) is 2.15. The van der Waals surface area contributed by atoms with Gasteiger partial charge in [0.2, 0.25) is 0 Å². The topological polar surface area (TPSA) is 87.0 Å². The number of hydrogen-bond donors (Lipinski definition) is 1. The third-order valence-corrected chi connectivity index (χ3v) is 3.40. The van der Waals surface area contributed by atoms with Crippen LogP contribution in [-0.2, 0) is 5.41 Å². The molecule has 0 aromatic carbocycles. The minimum Gasteiger partial charge on any atom is -0.428 e. The number of aromatic amines is 1. The van der Waals surface area contributed by atoms with E-state index in [1.165, 1.54) is 0 Å². The smallest absolute Gasteiger partial charge is 0.297 e. The van der Waals surface area contributed by atoms with Crippen LogP contribution < -0.4 is 9.80 Å². The van der Waals surface area contributed by atoms with Crippen molar-refractivity contribution in [3.05, 3.63) is 12.0 Å². The molecule has 1 aliphatic rings. The maximum atomic E-state index is 5.86. The van der Waals surface area contributed by atoms with Crippen molar-refractivity contribution in [3.63, 3.8) is 0 Å². The summed E-state index contributed by atoms with van der Waals surface area (Å²) in [6.07, 6.45) is 1.82. The summed E-state index contributed by atoms with van der Waals surface area (Å²) in [6, 6.07) is 0.697. The van der Waals surface area contributed by atoms with E-state index in [1.54, 1.807) is 0 Å². The quantitative estimate of drug-likeness (QED) is 0.869. The van der Waals surface area contributed by atoms with Crippen LogP contribution in [0.15, 0.2) is 10.6 Å². The van der Waals surface area contributed by atoms with Crippen LogP contribution in [0.25, 0.3) is 0 Å². The molecule has 0 spiro atoms. The molecule has 8 heteroatoms. The SMILES string of the molecule is CC(C)(C)c1cnc(N2CCN(c3nn[nH]n3)CC2)o1. The molecule has 3 heterocycles. The second-order valence-electron chi connectivity index (χ2n) is 5.94. The molecule has 1 N–H and O–H groups in total. The van der Waals surface area contributed by atoms with Crippen molar-refractivity contribution in [3.8, 4) is 0 Å². The molecule has 1 saturated heterocycles. The van der Waals surface area contributed by atoms with E-state index in [4.69, 9.17) is 4.42 Å². The third-order valence-electron chi connectivity index (χ3n) is 3.40. The van der Waals surface area contributed by atoms with Gasteiger partial charge in [0.1, 0.15) is 5.76 Å². The number of rotatable bonds is 2. The molecule has 0 radical (unpaired) electrons. The number of hydrogen-bond acceptors (Lipinski definition) is 7. The standard InChI is InChI=1S/C12H19N7O/c1-12(2,3)9-8-13-11(20-9)19-6-4-18(5-7-19)10-14-16-17-15-10/h8H,4-7H2,1-3H3,(H,14,15,16,17). The Morgan fingerprint density at radius 3 is 2.40 bits per heavy atom. The van der Waals surface area contributed by atoms with E-state index in [0.717, 1.165) is 31.9 Å². The van der Waals surface area contributed by atoms with Crippen molar-refractivity contribution < 1.29 is 4.42 Å². The number of oxazole rings is 1. The monoisotopic (exact) mass is 277 g/mol. The lowest BCUT2D eigenvalue weighted by atomic mass is 9.94. The second-order valence-corrected chi connectivity index (χ2v) is 5.94. The molecule has 0 aliphatic carbocycles. The number of aromatic nitrogens is 5. The van der Waals surface area contributed by atoms with Gasteiger partial charge in [0.25, 0.3) is 12.0 Å². The van der Waals surface area contributed by atoms with Gasteiger partial charge in [-0.2, -0.15) is 5.21 Å². The van der Waals surface area contributed by atoms with Crippen molar-refractivity contribution >= 4 is 12.0 Å². The van der Waals surface area contributed by atoms with E-state index in [9.17, 15) is 0 Å². The minimum atomic E-state index is -0.0162. The zero-order valence-corrected chi connectivity index (χ0v) is 12.0. The highest BCUT2D eigenvalue weighted by Crippen LogP contribution is 2.26. The molecule has 1 fully saturated rings.